The molecule has 26 heavy (non-hydrogen) atoms. The van der Waals surface area contributed by atoms with E-state index in [4.69, 9.17) is 16.3 Å². The molecule has 0 spiro atoms. The number of rotatable bonds is 2. The van der Waals surface area contributed by atoms with Crippen LogP contribution in [-0.4, -0.2) is 0 Å². The summed E-state index contributed by atoms with van der Waals surface area (Å²) in [7, 11) is 0. The normalized spacial score (nSPS) is 16.7. The minimum atomic E-state index is -0.0406. The molecule has 1 aliphatic heterocycles. The third kappa shape index (κ3) is 2.85. The van der Waals surface area contributed by atoms with Gasteiger partial charge in [-0.3, -0.25) is 0 Å². The van der Waals surface area contributed by atoms with Gasteiger partial charge in [0, 0.05) is 17.0 Å². The van der Waals surface area contributed by atoms with Crippen molar-refractivity contribution in [1.29, 1.82) is 0 Å². The highest BCUT2D eigenvalue weighted by atomic mass is 35.5. The van der Waals surface area contributed by atoms with Crippen molar-refractivity contribution < 1.29 is 4.74 Å². The first-order chi connectivity index (χ1) is 12.7. The Morgan fingerprint density at radius 1 is 0.808 bits per heavy atom. The minimum Gasteiger partial charge on any atom is -0.455 e. The van der Waals surface area contributed by atoms with E-state index in [0.29, 0.717) is 10.8 Å². The number of ether oxygens (including phenoxy) is 1. The Hall–Kier alpha value is -2.77. The van der Waals surface area contributed by atoms with Gasteiger partial charge in [-0.1, -0.05) is 91.0 Å². The van der Waals surface area contributed by atoms with Crippen LogP contribution >= 0.6 is 11.6 Å². The molecule has 0 unspecified atom stereocenters. The zero-order valence-corrected chi connectivity index (χ0v) is 15.3. The fraction of sp³-hybridized carbons (Fsp3) is 0.0833. The second-order valence-corrected chi connectivity index (χ2v) is 6.84. The molecule has 3 aromatic rings. The van der Waals surface area contributed by atoms with E-state index in [9.17, 15) is 0 Å². The van der Waals surface area contributed by atoms with Gasteiger partial charge in [0.25, 0.3) is 0 Å². The molecule has 0 aliphatic carbocycles. The SMILES string of the molecule is C=C1C(Cl)=C(c2ccccc2)Oc2ccccc2[C@@H]1c1ccccc1C. The lowest BCUT2D eigenvalue weighted by molar-refractivity contribution is 0.510. The van der Waals surface area contributed by atoms with Gasteiger partial charge in [-0.2, -0.15) is 0 Å². The van der Waals surface area contributed by atoms with Gasteiger partial charge < -0.3 is 4.74 Å². The number of benzene rings is 3. The maximum absolute atomic E-state index is 6.81. The fourth-order valence-electron chi connectivity index (χ4n) is 3.47. The number of para-hydroxylation sites is 1. The van der Waals surface area contributed by atoms with Crippen molar-refractivity contribution in [3.8, 4) is 5.75 Å². The molecule has 0 fully saturated rings. The largest absolute Gasteiger partial charge is 0.455 e. The van der Waals surface area contributed by atoms with Gasteiger partial charge in [0.2, 0.25) is 0 Å². The summed E-state index contributed by atoms with van der Waals surface area (Å²) in [6.07, 6.45) is 0. The van der Waals surface area contributed by atoms with E-state index in [0.717, 1.165) is 22.4 Å². The predicted molar refractivity (Wildman–Crippen MR) is 108 cm³/mol. The molecule has 0 saturated carbocycles. The van der Waals surface area contributed by atoms with Crippen molar-refractivity contribution in [3.05, 3.63) is 118 Å². The van der Waals surface area contributed by atoms with Crippen LogP contribution in [0.4, 0.5) is 0 Å². The minimum absolute atomic E-state index is 0.0406. The lowest BCUT2D eigenvalue weighted by atomic mass is 9.83. The number of hydrogen-bond donors (Lipinski definition) is 0. The molecule has 0 bridgehead atoms. The molecule has 1 aliphatic rings. The molecule has 1 nitrogen and oxygen atoms in total. The first-order valence-corrected chi connectivity index (χ1v) is 9.01. The summed E-state index contributed by atoms with van der Waals surface area (Å²) < 4.78 is 6.30. The molecule has 0 aromatic heterocycles. The van der Waals surface area contributed by atoms with Crippen molar-refractivity contribution in [3.63, 3.8) is 0 Å². The van der Waals surface area contributed by atoms with Crippen molar-refractivity contribution >= 4 is 17.4 Å². The zero-order valence-electron chi connectivity index (χ0n) is 14.6. The molecule has 4 rings (SSSR count). The number of hydrogen-bond acceptors (Lipinski definition) is 1. The average molecular weight is 359 g/mol. The van der Waals surface area contributed by atoms with E-state index in [1.54, 1.807) is 0 Å². The summed E-state index contributed by atoms with van der Waals surface area (Å²) in [6, 6.07) is 26.4. The van der Waals surface area contributed by atoms with Crippen molar-refractivity contribution in [2.45, 2.75) is 12.8 Å². The van der Waals surface area contributed by atoms with Crippen LogP contribution in [0.2, 0.25) is 0 Å². The van der Waals surface area contributed by atoms with Crippen LogP contribution in [0.5, 0.6) is 5.75 Å². The van der Waals surface area contributed by atoms with Crippen molar-refractivity contribution in [2.75, 3.05) is 0 Å². The van der Waals surface area contributed by atoms with Crippen LogP contribution in [0.3, 0.4) is 0 Å². The van der Waals surface area contributed by atoms with Crippen LogP contribution in [0.15, 0.2) is 96.0 Å². The average Bonchev–Trinajstić information content (AvgIpc) is 2.79. The second-order valence-electron chi connectivity index (χ2n) is 6.46. The Morgan fingerprint density at radius 2 is 1.42 bits per heavy atom. The molecular formula is C24H19ClO. The molecule has 1 heterocycles. The molecular weight excluding hydrogens is 340 g/mol. The third-order valence-electron chi connectivity index (χ3n) is 4.81. The molecule has 128 valence electrons. The summed E-state index contributed by atoms with van der Waals surface area (Å²) in [5.74, 6) is 1.43. The Balaban J connectivity index is 1.96. The molecule has 2 heteroatoms. The van der Waals surface area contributed by atoms with Gasteiger partial charge in [0.1, 0.15) is 5.75 Å². The van der Waals surface area contributed by atoms with Crippen LogP contribution < -0.4 is 4.74 Å². The summed E-state index contributed by atoms with van der Waals surface area (Å²) in [5.41, 5.74) is 5.28. The van der Waals surface area contributed by atoms with E-state index in [2.05, 4.69) is 37.8 Å². The van der Waals surface area contributed by atoms with Gasteiger partial charge in [-0.25, -0.2) is 0 Å². The number of halogens is 1. The van der Waals surface area contributed by atoms with Gasteiger partial charge in [0.05, 0.1) is 5.03 Å². The standard InChI is InChI=1S/C24H19ClO/c1-16-10-6-7-13-19(16)22-17(2)23(25)24(18-11-4-3-5-12-18)26-21-15-9-8-14-20(21)22/h3-15,22H,2H2,1H3/t22-/m0/s1. The van der Waals surface area contributed by atoms with Crippen LogP contribution in [0.25, 0.3) is 5.76 Å². The Labute approximate surface area is 159 Å². The summed E-state index contributed by atoms with van der Waals surface area (Å²) in [6.45, 7) is 6.48. The monoisotopic (exact) mass is 358 g/mol. The smallest absolute Gasteiger partial charge is 0.153 e. The molecule has 0 N–H and O–H groups in total. The van der Waals surface area contributed by atoms with Crippen LogP contribution in [0, 0.1) is 6.92 Å². The first-order valence-electron chi connectivity index (χ1n) is 8.63. The topological polar surface area (TPSA) is 9.23 Å². The molecule has 3 aromatic carbocycles. The molecule has 1 atom stereocenters. The van der Waals surface area contributed by atoms with E-state index in [1.807, 2.05) is 54.6 Å². The summed E-state index contributed by atoms with van der Waals surface area (Å²) in [4.78, 5) is 0. The van der Waals surface area contributed by atoms with Gasteiger partial charge in [0.15, 0.2) is 5.76 Å². The molecule has 0 amide bonds. The van der Waals surface area contributed by atoms with Crippen molar-refractivity contribution in [1.82, 2.24) is 0 Å². The van der Waals surface area contributed by atoms with Gasteiger partial charge >= 0.3 is 0 Å². The lowest BCUT2D eigenvalue weighted by Gasteiger charge is -2.21. The quantitative estimate of drug-likeness (QED) is 0.496. The fourth-order valence-corrected chi connectivity index (χ4v) is 3.72. The number of fused-ring (bicyclic) bond motifs is 1. The third-order valence-corrected chi connectivity index (χ3v) is 5.22. The summed E-state index contributed by atoms with van der Waals surface area (Å²) >= 11 is 6.81. The van der Waals surface area contributed by atoms with E-state index >= 15 is 0 Å². The zero-order chi connectivity index (χ0) is 18.1. The predicted octanol–water partition coefficient (Wildman–Crippen LogP) is 6.68. The van der Waals surface area contributed by atoms with Gasteiger partial charge in [-0.15, -0.1) is 0 Å². The maximum atomic E-state index is 6.81. The Morgan fingerprint density at radius 3 is 2.15 bits per heavy atom. The summed E-state index contributed by atoms with van der Waals surface area (Å²) in [5, 5.41) is 0.570. The second kappa shape index (κ2) is 6.86. The van der Waals surface area contributed by atoms with Crippen molar-refractivity contribution in [2.24, 2.45) is 0 Å². The molecule has 0 saturated heterocycles. The van der Waals surface area contributed by atoms with E-state index < -0.39 is 0 Å². The Kier molecular flexibility index (Phi) is 4.40. The number of aryl methyl sites for hydroxylation is 1. The number of allylic oxidation sites excluding steroid dienone is 2. The lowest BCUT2D eigenvalue weighted by Crippen LogP contribution is -2.05. The maximum Gasteiger partial charge on any atom is 0.153 e. The van der Waals surface area contributed by atoms with E-state index in [-0.39, 0.29) is 5.92 Å². The highest BCUT2D eigenvalue weighted by Gasteiger charge is 2.30. The van der Waals surface area contributed by atoms with Gasteiger partial charge in [-0.05, 0) is 29.7 Å². The highest BCUT2D eigenvalue weighted by Crippen LogP contribution is 2.46. The Bertz CT molecular complexity index is 1000. The first kappa shape index (κ1) is 16.7. The molecule has 0 radical (unpaired) electrons. The van der Waals surface area contributed by atoms with Crippen LogP contribution in [-0.2, 0) is 0 Å². The highest BCUT2D eigenvalue weighted by molar-refractivity contribution is 6.35. The van der Waals surface area contributed by atoms with Crippen LogP contribution in [0.1, 0.15) is 28.2 Å². The van der Waals surface area contributed by atoms with E-state index in [1.165, 1.54) is 11.1 Å².